The van der Waals surface area contributed by atoms with E-state index in [2.05, 4.69) is 15.5 Å². The monoisotopic (exact) mass is 862 g/mol. The average Bonchev–Trinajstić information content (AvgIpc) is 3.21. The van der Waals surface area contributed by atoms with Gasteiger partial charge >= 0.3 is 92.9 Å². The second-order valence-corrected chi connectivity index (χ2v) is 16.4. The van der Waals surface area contributed by atoms with Crippen LogP contribution in [0.25, 0.3) is 0 Å². The number of rotatable bonds is 14. The Balaban J connectivity index is 0.00000310. The van der Waals surface area contributed by atoms with E-state index < -0.39 is 39.7 Å². The number of benzene rings is 4. The predicted octanol–water partition coefficient (Wildman–Crippen LogP) is 5.20. The molecule has 1 heterocycles. The van der Waals surface area contributed by atoms with E-state index in [0.717, 1.165) is 62.0 Å². The molecule has 4 aromatic carbocycles. The van der Waals surface area contributed by atoms with Crippen LogP contribution in [-0.2, 0) is 27.7 Å². The van der Waals surface area contributed by atoms with E-state index in [1.165, 1.54) is 28.6 Å². The summed E-state index contributed by atoms with van der Waals surface area (Å²) in [6.07, 6.45) is 6.36. The molecule has 1 saturated heterocycles. The van der Waals surface area contributed by atoms with Gasteiger partial charge in [0.2, 0.25) is 10.0 Å². The van der Waals surface area contributed by atoms with Crippen LogP contribution in [0.15, 0.2) is 95.9 Å². The fraction of sp³-hybridized carbons (Fsp3) is 0.349. The third-order valence-corrected chi connectivity index (χ3v) is 12.8. The predicted molar refractivity (Wildman–Crippen MR) is 233 cm³/mol. The van der Waals surface area contributed by atoms with E-state index in [-0.39, 0.29) is 126 Å². The number of hydrogen-bond donors (Lipinski definition) is 4. The van der Waals surface area contributed by atoms with Crippen LogP contribution < -0.4 is 15.5 Å². The molecular formula is C43H52KN4NaO9S. The molecule has 6 N–H and O–H groups in total. The van der Waals surface area contributed by atoms with Crippen LogP contribution in [0.5, 0.6) is 0 Å². The van der Waals surface area contributed by atoms with Crippen molar-refractivity contribution in [2.75, 3.05) is 35.2 Å². The first-order valence-corrected chi connectivity index (χ1v) is 20.6. The third kappa shape index (κ3) is 13.0. The number of aryl methyl sites for hydroxylation is 2. The summed E-state index contributed by atoms with van der Waals surface area (Å²) < 4.78 is 29.1. The van der Waals surface area contributed by atoms with Crippen molar-refractivity contribution in [2.45, 2.75) is 75.6 Å². The molecule has 2 aliphatic rings. The number of amides is 2. The zero-order valence-electron chi connectivity index (χ0n) is 31.9. The van der Waals surface area contributed by atoms with Gasteiger partial charge in [-0.25, -0.2) is 13.2 Å². The van der Waals surface area contributed by atoms with Gasteiger partial charge in [0.25, 0.3) is 11.8 Å². The number of carbonyl (C=O) groups excluding carboxylic acids is 2. The van der Waals surface area contributed by atoms with Gasteiger partial charge in [0.1, 0.15) is 0 Å². The van der Waals surface area contributed by atoms with Crippen LogP contribution in [0.1, 0.15) is 94.1 Å². The Morgan fingerprint density at radius 2 is 1.36 bits per heavy atom. The topological polar surface area (TPSA) is 205 Å². The summed E-state index contributed by atoms with van der Waals surface area (Å²) >= 11 is 0. The van der Waals surface area contributed by atoms with Gasteiger partial charge in [-0.1, -0.05) is 37.3 Å². The molecule has 6 rings (SSSR count). The zero-order chi connectivity index (χ0) is 39.8. The van der Waals surface area contributed by atoms with Crippen LogP contribution in [-0.4, -0.2) is 159 Å². The molecule has 0 bridgehead atoms. The number of carbonyl (C=O) groups is 4. The number of aliphatic carboxylic acids is 1. The summed E-state index contributed by atoms with van der Waals surface area (Å²) in [5.41, 5.74) is 4.38. The Morgan fingerprint density at radius 1 is 0.746 bits per heavy atom. The number of carboxylic acids is 2. The van der Waals surface area contributed by atoms with Crippen molar-refractivity contribution in [1.29, 1.82) is 0 Å². The average molecular weight is 863 g/mol. The fourth-order valence-corrected chi connectivity index (χ4v) is 9.34. The molecule has 0 aromatic heterocycles. The van der Waals surface area contributed by atoms with E-state index in [0.29, 0.717) is 31.4 Å². The molecule has 0 spiro atoms. The van der Waals surface area contributed by atoms with Gasteiger partial charge in [-0.15, -0.1) is 0 Å². The van der Waals surface area contributed by atoms with Crippen LogP contribution in [0, 0.1) is 5.92 Å². The number of anilines is 3. The molecule has 306 valence electrons. The number of carboxylic acid groups (broad SMARTS) is 2. The second kappa shape index (κ2) is 23.3. The number of nitrogens with zero attached hydrogens (tertiary/aromatic N) is 2. The van der Waals surface area contributed by atoms with Crippen LogP contribution in [0.2, 0.25) is 0 Å². The minimum absolute atomic E-state index is 0. The maximum atomic E-state index is 13.9. The van der Waals surface area contributed by atoms with Gasteiger partial charge < -0.3 is 31.2 Å². The van der Waals surface area contributed by atoms with Crippen LogP contribution in [0.3, 0.4) is 0 Å². The Hall–Kier alpha value is -2.93. The summed E-state index contributed by atoms with van der Waals surface area (Å²) in [6.45, 7) is 3.67. The Labute approximate surface area is 410 Å². The van der Waals surface area contributed by atoms with Crippen molar-refractivity contribution in [3.05, 3.63) is 119 Å². The minimum atomic E-state index is -4.00. The number of sulfonamides is 1. The van der Waals surface area contributed by atoms with Crippen molar-refractivity contribution in [1.82, 2.24) is 4.31 Å². The van der Waals surface area contributed by atoms with Crippen molar-refractivity contribution in [2.24, 2.45) is 5.92 Å². The van der Waals surface area contributed by atoms with E-state index in [1.807, 2.05) is 42.5 Å². The second-order valence-electron chi connectivity index (χ2n) is 14.5. The third-order valence-electron chi connectivity index (χ3n) is 10.8. The first-order valence-electron chi connectivity index (χ1n) is 19.2. The number of nitrogens with one attached hydrogen (secondary N) is 2. The standard InChI is InChI=1S/C43H48N4O8S.K.Na.H2O.2H/c1-2-47(35-21-17-32(18-22-35)43(52)53)56(54,55)37-8-6-7-33(27-37)40(48)45-39-24-23-36(46-25-4-3-5-26-46)28-38(39)41(49)44-34-19-13-30(14-20-34)10-9-29-11-15-31(16-12-29)42(50)51;;;;;/h6-8,11-16,19-20,23-24,27-28,32,35H,2-5,9-10,17-18,21-22,25-26H2,1H3,(H,44,49)(H,45,48)(H,50,51)(H,52,53);;;1H2;;/t32-,35-;;;;;. The van der Waals surface area contributed by atoms with E-state index in [4.69, 9.17) is 5.11 Å². The van der Waals surface area contributed by atoms with Crippen molar-refractivity contribution in [3.63, 3.8) is 0 Å². The molecule has 1 saturated carbocycles. The summed E-state index contributed by atoms with van der Waals surface area (Å²) in [5, 5.41) is 24.4. The van der Waals surface area contributed by atoms with Gasteiger partial charge in [-0.05, 0) is 130 Å². The van der Waals surface area contributed by atoms with Crippen LogP contribution in [0.4, 0.5) is 17.1 Å². The molecule has 1 aliphatic heterocycles. The molecular weight excluding hydrogens is 811 g/mol. The summed E-state index contributed by atoms with van der Waals surface area (Å²) in [4.78, 5) is 52.5. The molecule has 0 unspecified atom stereocenters. The van der Waals surface area contributed by atoms with E-state index >= 15 is 0 Å². The molecule has 1 aliphatic carbocycles. The quantitative estimate of drug-likeness (QED) is 0.123. The Morgan fingerprint density at radius 3 is 1.93 bits per heavy atom. The first kappa shape index (κ1) is 50.4. The molecule has 59 heavy (non-hydrogen) atoms. The van der Waals surface area contributed by atoms with E-state index in [9.17, 15) is 32.7 Å². The number of hydrogen-bond acceptors (Lipinski definition) is 7. The van der Waals surface area contributed by atoms with Crippen molar-refractivity contribution in [3.8, 4) is 0 Å². The van der Waals surface area contributed by atoms with Gasteiger partial charge in [0.05, 0.1) is 27.6 Å². The number of aromatic carboxylic acids is 1. The molecule has 2 fully saturated rings. The molecule has 0 atom stereocenters. The molecule has 16 heteroatoms. The first-order chi connectivity index (χ1) is 26.9. The zero-order valence-corrected chi connectivity index (χ0v) is 32.8. The van der Waals surface area contributed by atoms with Crippen LogP contribution >= 0.6 is 0 Å². The summed E-state index contributed by atoms with van der Waals surface area (Å²) in [6, 6.07) is 25.1. The molecule has 4 aromatic rings. The van der Waals surface area contributed by atoms with Gasteiger partial charge in [0, 0.05) is 42.6 Å². The SMILES string of the molecule is CCN([C@H]1CC[C@H](C(=O)O)CC1)S(=O)(=O)c1cccc(C(=O)Nc2ccc(N3CCCCC3)cc2C(=O)Nc2ccc(CCc3ccc(C(=O)O)cc3)cc2)c1.O.[KH].[NaH]. The Kier molecular flexibility index (Phi) is 19.9. The molecule has 0 radical (unpaired) electrons. The van der Waals surface area contributed by atoms with E-state index in [1.54, 1.807) is 31.2 Å². The fourth-order valence-electron chi connectivity index (χ4n) is 7.60. The maximum absolute atomic E-state index is 13.9. The summed E-state index contributed by atoms with van der Waals surface area (Å²) in [5.74, 6) is -3.29. The molecule has 13 nitrogen and oxygen atoms in total. The summed E-state index contributed by atoms with van der Waals surface area (Å²) in [7, 11) is -4.00. The van der Waals surface area contributed by atoms with Gasteiger partial charge in [-0.2, -0.15) is 4.31 Å². The molecule has 2 amide bonds. The van der Waals surface area contributed by atoms with Gasteiger partial charge in [0.15, 0.2) is 0 Å². The normalized spacial score (nSPS) is 16.4. The van der Waals surface area contributed by atoms with Gasteiger partial charge in [-0.3, -0.25) is 14.4 Å². The Bertz CT molecular complexity index is 2180. The number of piperidine rings is 1. The van der Waals surface area contributed by atoms with Crippen molar-refractivity contribution < 1.29 is 43.3 Å². The van der Waals surface area contributed by atoms with Crippen molar-refractivity contribution >= 4 is 132 Å².